The minimum absolute atomic E-state index is 0.129. The molecule has 2 aliphatic heterocycles. The Balaban J connectivity index is 1.85. The zero-order valence-electron chi connectivity index (χ0n) is 13.5. The Morgan fingerprint density at radius 1 is 1.33 bits per heavy atom. The zero-order chi connectivity index (χ0) is 17.4. The number of hydrogen-bond donors (Lipinski definition) is 1. The average molecular weight is 333 g/mol. The highest BCUT2D eigenvalue weighted by Gasteiger charge is 2.53. The van der Waals surface area contributed by atoms with E-state index in [9.17, 15) is 14.4 Å². The van der Waals surface area contributed by atoms with Gasteiger partial charge < -0.3 is 20.1 Å². The third-order valence-electron chi connectivity index (χ3n) is 4.29. The molecule has 0 radical (unpaired) electrons. The fraction of sp³-hybridized carbons (Fsp3) is 0.438. The molecule has 0 spiro atoms. The maximum atomic E-state index is 12.8. The molecule has 8 nitrogen and oxygen atoms in total. The van der Waals surface area contributed by atoms with Crippen LogP contribution >= 0.6 is 0 Å². The van der Waals surface area contributed by atoms with Gasteiger partial charge in [-0.15, -0.1) is 0 Å². The third-order valence-corrected chi connectivity index (χ3v) is 4.29. The van der Waals surface area contributed by atoms with Crippen LogP contribution in [0.1, 0.15) is 17.3 Å². The smallest absolute Gasteiger partial charge is 0.256 e. The second-order valence-electron chi connectivity index (χ2n) is 5.87. The summed E-state index contributed by atoms with van der Waals surface area (Å²) in [5, 5.41) is 0. The lowest BCUT2D eigenvalue weighted by atomic mass is 10.1. The number of amides is 3. The summed E-state index contributed by atoms with van der Waals surface area (Å²) in [5.74, 6) is -0.562. The quantitative estimate of drug-likeness (QED) is 0.806. The summed E-state index contributed by atoms with van der Waals surface area (Å²) in [6.07, 6.45) is -1.03. The lowest BCUT2D eigenvalue weighted by Gasteiger charge is -2.38. The largest absolute Gasteiger partial charge is 0.497 e. The highest BCUT2D eigenvalue weighted by Crippen LogP contribution is 2.31. The van der Waals surface area contributed by atoms with Crippen molar-refractivity contribution in [2.75, 3.05) is 20.2 Å². The topological polar surface area (TPSA) is 102 Å². The van der Waals surface area contributed by atoms with Crippen molar-refractivity contribution >= 4 is 17.7 Å². The molecule has 1 aromatic rings. The van der Waals surface area contributed by atoms with E-state index in [0.29, 0.717) is 11.3 Å². The van der Waals surface area contributed by atoms with Gasteiger partial charge in [0.1, 0.15) is 11.8 Å². The third kappa shape index (κ3) is 2.69. The van der Waals surface area contributed by atoms with Crippen LogP contribution in [0.2, 0.25) is 0 Å². The minimum atomic E-state index is -0.752. The molecule has 24 heavy (non-hydrogen) atoms. The molecule has 0 saturated carbocycles. The molecular weight excluding hydrogens is 314 g/mol. The van der Waals surface area contributed by atoms with E-state index in [1.165, 1.54) is 9.80 Å². The molecule has 3 amide bonds. The van der Waals surface area contributed by atoms with Gasteiger partial charge in [0, 0.05) is 5.56 Å². The van der Waals surface area contributed by atoms with E-state index in [1.54, 1.807) is 38.3 Å². The van der Waals surface area contributed by atoms with Gasteiger partial charge in [-0.25, -0.2) is 0 Å². The molecule has 3 rings (SSSR count). The van der Waals surface area contributed by atoms with Crippen molar-refractivity contribution in [1.29, 1.82) is 0 Å². The van der Waals surface area contributed by atoms with E-state index in [1.807, 2.05) is 0 Å². The van der Waals surface area contributed by atoms with Crippen LogP contribution in [0.3, 0.4) is 0 Å². The van der Waals surface area contributed by atoms with Gasteiger partial charge in [-0.05, 0) is 31.2 Å². The second-order valence-corrected chi connectivity index (χ2v) is 5.87. The van der Waals surface area contributed by atoms with Gasteiger partial charge in [-0.3, -0.25) is 19.3 Å². The van der Waals surface area contributed by atoms with Gasteiger partial charge in [-0.1, -0.05) is 0 Å². The van der Waals surface area contributed by atoms with Crippen LogP contribution in [0, 0.1) is 0 Å². The number of methoxy groups -OCH3 is 1. The van der Waals surface area contributed by atoms with Crippen LogP contribution in [0.4, 0.5) is 0 Å². The Hall–Kier alpha value is -2.61. The first-order valence-electron chi connectivity index (χ1n) is 7.61. The highest BCUT2D eigenvalue weighted by molar-refractivity contribution is 5.99. The number of ether oxygens (including phenoxy) is 2. The lowest BCUT2D eigenvalue weighted by Crippen LogP contribution is -2.61. The number of piperazine rings is 1. The summed E-state index contributed by atoms with van der Waals surface area (Å²) >= 11 is 0. The number of nitrogens with two attached hydrogens (primary N) is 1. The van der Waals surface area contributed by atoms with Crippen molar-refractivity contribution in [2.24, 2.45) is 5.73 Å². The lowest BCUT2D eigenvalue weighted by molar-refractivity contribution is -0.144. The number of benzene rings is 1. The predicted molar refractivity (Wildman–Crippen MR) is 83.1 cm³/mol. The van der Waals surface area contributed by atoms with Crippen molar-refractivity contribution in [3.63, 3.8) is 0 Å². The van der Waals surface area contributed by atoms with Gasteiger partial charge in [0.25, 0.3) is 5.91 Å². The molecule has 2 bridgehead atoms. The number of nitrogens with zero attached hydrogens (tertiary/aromatic N) is 2. The first-order chi connectivity index (χ1) is 11.4. The Bertz CT molecular complexity index is 675. The van der Waals surface area contributed by atoms with E-state index in [4.69, 9.17) is 15.2 Å². The van der Waals surface area contributed by atoms with E-state index in [-0.39, 0.29) is 24.9 Å². The SMILES string of the molecule is COc1ccc(C(=O)N2[C@@H]3CN(CC(N)=O)C(=O)[C@@H]2[C@@H](C)O3)cc1. The Morgan fingerprint density at radius 3 is 2.58 bits per heavy atom. The predicted octanol–water partition coefficient (Wildman–Crippen LogP) is -0.422. The van der Waals surface area contributed by atoms with Crippen molar-refractivity contribution in [2.45, 2.75) is 25.3 Å². The first-order valence-corrected chi connectivity index (χ1v) is 7.61. The molecule has 2 heterocycles. The van der Waals surface area contributed by atoms with Crippen molar-refractivity contribution in [3.05, 3.63) is 29.8 Å². The standard InChI is InChI=1S/C16H19N3O5/c1-9-14-16(22)18(7-12(17)20)8-13(24-9)19(14)15(21)10-3-5-11(23-2)6-4-10/h3-6,9,13-14H,7-8H2,1-2H3,(H2,17,20)/t9-,13+,14+/m1/s1. The summed E-state index contributed by atoms with van der Waals surface area (Å²) in [6, 6.07) is 5.91. The summed E-state index contributed by atoms with van der Waals surface area (Å²) < 4.78 is 10.8. The van der Waals surface area contributed by atoms with Crippen LogP contribution in [0.15, 0.2) is 24.3 Å². The Morgan fingerprint density at radius 2 is 2.00 bits per heavy atom. The fourth-order valence-corrected chi connectivity index (χ4v) is 3.18. The number of carbonyl (C=O) groups excluding carboxylic acids is 3. The van der Waals surface area contributed by atoms with Gasteiger partial charge in [0.2, 0.25) is 11.8 Å². The fourth-order valence-electron chi connectivity index (χ4n) is 3.18. The van der Waals surface area contributed by atoms with E-state index >= 15 is 0 Å². The van der Waals surface area contributed by atoms with E-state index in [2.05, 4.69) is 0 Å². The summed E-state index contributed by atoms with van der Waals surface area (Å²) in [6.45, 7) is 1.70. The molecule has 2 fully saturated rings. The number of fused-ring (bicyclic) bond motifs is 2. The number of carbonyl (C=O) groups is 3. The monoisotopic (exact) mass is 333 g/mol. The first kappa shape index (κ1) is 16.3. The van der Waals surface area contributed by atoms with Gasteiger partial charge in [-0.2, -0.15) is 0 Å². The molecular formula is C16H19N3O5. The average Bonchev–Trinajstić information content (AvgIpc) is 2.82. The molecule has 2 N–H and O–H groups in total. The van der Waals surface area contributed by atoms with Crippen LogP contribution in [0.25, 0.3) is 0 Å². The van der Waals surface area contributed by atoms with Crippen molar-refractivity contribution in [1.82, 2.24) is 9.80 Å². The van der Waals surface area contributed by atoms with E-state index in [0.717, 1.165) is 0 Å². The maximum absolute atomic E-state index is 12.8. The zero-order valence-corrected chi connectivity index (χ0v) is 13.5. The molecule has 0 aromatic heterocycles. The summed E-state index contributed by atoms with van der Waals surface area (Å²) in [5.41, 5.74) is 5.62. The molecule has 128 valence electrons. The van der Waals surface area contributed by atoms with Crippen LogP contribution in [-0.2, 0) is 14.3 Å². The number of hydrogen-bond acceptors (Lipinski definition) is 5. The molecule has 8 heteroatoms. The van der Waals surface area contributed by atoms with E-state index < -0.39 is 24.3 Å². The Kier molecular flexibility index (Phi) is 4.15. The van der Waals surface area contributed by atoms with Crippen LogP contribution in [0.5, 0.6) is 5.75 Å². The van der Waals surface area contributed by atoms with Crippen LogP contribution < -0.4 is 10.5 Å². The van der Waals surface area contributed by atoms with Gasteiger partial charge in [0.05, 0.1) is 26.3 Å². The summed E-state index contributed by atoms with van der Waals surface area (Å²) in [4.78, 5) is 39.3. The number of rotatable bonds is 4. The van der Waals surface area contributed by atoms with Gasteiger partial charge >= 0.3 is 0 Å². The molecule has 1 aromatic carbocycles. The van der Waals surface area contributed by atoms with Crippen LogP contribution in [-0.4, -0.2) is 66.1 Å². The molecule has 2 saturated heterocycles. The van der Waals surface area contributed by atoms with Gasteiger partial charge in [0.15, 0.2) is 6.23 Å². The second kappa shape index (κ2) is 6.12. The Labute approximate surface area is 139 Å². The van der Waals surface area contributed by atoms with Crippen molar-refractivity contribution < 1.29 is 23.9 Å². The molecule has 0 aliphatic carbocycles. The minimum Gasteiger partial charge on any atom is -0.497 e. The molecule has 0 unspecified atom stereocenters. The summed E-state index contributed by atoms with van der Waals surface area (Å²) in [7, 11) is 1.54. The highest BCUT2D eigenvalue weighted by atomic mass is 16.5. The van der Waals surface area contributed by atoms with Crippen molar-refractivity contribution in [3.8, 4) is 5.75 Å². The molecule has 3 atom stereocenters. The normalized spacial score (nSPS) is 25.8. The maximum Gasteiger partial charge on any atom is 0.256 e. The number of primary amides is 1. The molecule has 2 aliphatic rings.